The Bertz CT molecular complexity index is 733. The van der Waals surface area contributed by atoms with E-state index in [2.05, 4.69) is 50.8 Å². The first kappa shape index (κ1) is 18.6. The van der Waals surface area contributed by atoms with Crippen molar-refractivity contribution in [3.8, 4) is 0 Å². The molecule has 2 aromatic heterocycles. The summed E-state index contributed by atoms with van der Waals surface area (Å²) in [6.45, 7) is 10.8. The zero-order valence-corrected chi connectivity index (χ0v) is 16.8. The van der Waals surface area contributed by atoms with E-state index in [9.17, 15) is 0 Å². The Balaban J connectivity index is 1.55. The molecule has 1 aliphatic rings. The molecule has 0 spiro atoms. The summed E-state index contributed by atoms with van der Waals surface area (Å²) in [6, 6.07) is 1.84. The molecule has 1 aliphatic heterocycles. The summed E-state index contributed by atoms with van der Waals surface area (Å²) >= 11 is 1.77. The first-order valence-electron chi connectivity index (χ1n) is 9.02. The molecule has 1 N–H and O–H groups in total. The van der Waals surface area contributed by atoms with Crippen molar-refractivity contribution in [2.75, 3.05) is 38.1 Å². The average molecular weight is 374 g/mol. The highest BCUT2D eigenvalue weighted by Gasteiger charge is 2.21. The monoisotopic (exact) mass is 373 g/mol. The van der Waals surface area contributed by atoms with Crippen molar-refractivity contribution in [2.24, 2.45) is 4.99 Å². The Morgan fingerprint density at radius 1 is 1.23 bits per heavy atom. The van der Waals surface area contributed by atoms with Gasteiger partial charge in [-0.15, -0.1) is 11.3 Å². The number of rotatable bonds is 4. The fourth-order valence-corrected chi connectivity index (χ4v) is 4.16. The maximum atomic E-state index is 4.77. The minimum atomic E-state index is 0.465. The van der Waals surface area contributed by atoms with Crippen LogP contribution in [0.1, 0.15) is 35.3 Å². The Labute approximate surface area is 159 Å². The van der Waals surface area contributed by atoms with E-state index in [-0.39, 0.29) is 0 Å². The number of hydrogen-bond donors (Lipinski definition) is 1. The van der Waals surface area contributed by atoms with E-state index in [0.717, 1.165) is 43.1 Å². The summed E-state index contributed by atoms with van der Waals surface area (Å²) < 4.78 is 0. The van der Waals surface area contributed by atoms with Gasteiger partial charge in [-0.2, -0.15) is 0 Å². The van der Waals surface area contributed by atoms with Gasteiger partial charge in [0.1, 0.15) is 5.01 Å². The van der Waals surface area contributed by atoms with Crippen molar-refractivity contribution in [3.63, 3.8) is 0 Å². The van der Waals surface area contributed by atoms with Crippen LogP contribution >= 0.6 is 11.3 Å². The van der Waals surface area contributed by atoms with Gasteiger partial charge >= 0.3 is 0 Å². The lowest BCUT2D eigenvalue weighted by Gasteiger charge is -2.36. The Morgan fingerprint density at radius 2 is 1.92 bits per heavy atom. The van der Waals surface area contributed by atoms with E-state index in [1.165, 1.54) is 10.6 Å². The standard InChI is InChI=1S/C18H27N7S/c1-13(2)16-14(3)26-15(23-16)12-22-17(19-4)24-8-10-25(11-9-24)18-20-6-5-7-21-18/h5-7,13H,8-12H2,1-4H3,(H,19,22). The number of guanidine groups is 1. The van der Waals surface area contributed by atoms with Crippen LogP contribution in [0.25, 0.3) is 0 Å². The lowest BCUT2D eigenvalue weighted by molar-refractivity contribution is 0.370. The van der Waals surface area contributed by atoms with Gasteiger partial charge < -0.3 is 15.1 Å². The maximum Gasteiger partial charge on any atom is 0.225 e. The van der Waals surface area contributed by atoms with E-state index in [0.29, 0.717) is 12.5 Å². The number of nitrogens with zero attached hydrogens (tertiary/aromatic N) is 6. The molecule has 7 nitrogen and oxygen atoms in total. The predicted octanol–water partition coefficient (Wildman–Crippen LogP) is 2.26. The Kier molecular flexibility index (Phi) is 6.03. The minimum Gasteiger partial charge on any atom is -0.350 e. The van der Waals surface area contributed by atoms with Gasteiger partial charge in [0.05, 0.1) is 12.2 Å². The topological polar surface area (TPSA) is 69.5 Å². The fraction of sp³-hybridized carbons (Fsp3) is 0.556. The molecule has 1 saturated heterocycles. The van der Waals surface area contributed by atoms with Gasteiger partial charge in [0.15, 0.2) is 5.96 Å². The van der Waals surface area contributed by atoms with Crippen LogP contribution < -0.4 is 10.2 Å². The largest absolute Gasteiger partial charge is 0.350 e. The average Bonchev–Trinajstić information content (AvgIpc) is 3.04. The molecule has 0 radical (unpaired) electrons. The van der Waals surface area contributed by atoms with Crippen LogP contribution in [-0.2, 0) is 6.54 Å². The summed E-state index contributed by atoms with van der Waals surface area (Å²) in [6.07, 6.45) is 3.58. The van der Waals surface area contributed by atoms with Crippen molar-refractivity contribution < 1.29 is 0 Å². The van der Waals surface area contributed by atoms with Crippen molar-refractivity contribution >= 4 is 23.2 Å². The number of thiazole rings is 1. The zero-order chi connectivity index (χ0) is 18.5. The van der Waals surface area contributed by atoms with E-state index >= 15 is 0 Å². The second-order valence-corrected chi connectivity index (χ2v) is 7.92. The van der Waals surface area contributed by atoms with Crippen molar-refractivity contribution in [1.29, 1.82) is 0 Å². The molecular formula is C18H27N7S. The second kappa shape index (κ2) is 8.44. The molecule has 3 heterocycles. The predicted molar refractivity (Wildman–Crippen MR) is 107 cm³/mol. The lowest BCUT2D eigenvalue weighted by Crippen LogP contribution is -2.52. The fourth-order valence-electron chi connectivity index (χ4n) is 3.14. The highest BCUT2D eigenvalue weighted by atomic mass is 32.1. The number of anilines is 1. The molecule has 26 heavy (non-hydrogen) atoms. The van der Waals surface area contributed by atoms with Crippen LogP contribution in [0, 0.1) is 6.92 Å². The van der Waals surface area contributed by atoms with Crippen molar-refractivity contribution in [3.05, 3.63) is 34.0 Å². The van der Waals surface area contributed by atoms with E-state index < -0.39 is 0 Å². The molecule has 0 atom stereocenters. The van der Waals surface area contributed by atoms with Gasteiger partial charge in [-0.05, 0) is 18.9 Å². The SMILES string of the molecule is CN=C(NCc1nc(C(C)C)c(C)s1)N1CCN(c2ncccn2)CC1. The number of aryl methyl sites for hydroxylation is 1. The van der Waals surface area contributed by atoms with E-state index in [1.54, 1.807) is 23.7 Å². The molecule has 8 heteroatoms. The third kappa shape index (κ3) is 4.30. The van der Waals surface area contributed by atoms with Crippen LogP contribution in [0.15, 0.2) is 23.5 Å². The van der Waals surface area contributed by atoms with E-state index in [4.69, 9.17) is 4.98 Å². The number of aromatic nitrogens is 3. The van der Waals surface area contributed by atoms with Crippen molar-refractivity contribution in [1.82, 2.24) is 25.2 Å². The molecule has 1 fully saturated rings. The molecule has 3 rings (SSSR count). The summed E-state index contributed by atoms with van der Waals surface area (Å²) in [4.78, 5) is 23.7. The molecule has 140 valence electrons. The first-order valence-corrected chi connectivity index (χ1v) is 9.84. The summed E-state index contributed by atoms with van der Waals surface area (Å²) in [5.41, 5.74) is 1.21. The van der Waals surface area contributed by atoms with Crippen LogP contribution in [0.3, 0.4) is 0 Å². The summed E-state index contributed by atoms with van der Waals surface area (Å²) in [5, 5.41) is 4.58. The molecule has 2 aromatic rings. The van der Waals surface area contributed by atoms with Gasteiger partial charge in [0, 0.05) is 50.5 Å². The van der Waals surface area contributed by atoms with Crippen LogP contribution in [0.2, 0.25) is 0 Å². The number of nitrogens with one attached hydrogen (secondary N) is 1. The summed E-state index contributed by atoms with van der Waals surface area (Å²) in [5.74, 6) is 2.19. The molecule has 0 amide bonds. The van der Waals surface area contributed by atoms with Crippen LogP contribution in [0.5, 0.6) is 0 Å². The lowest BCUT2D eigenvalue weighted by atomic mass is 10.1. The molecule has 0 aliphatic carbocycles. The smallest absolute Gasteiger partial charge is 0.225 e. The third-order valence-electron chi connectivity index (χ3n) is 4.45. The second-order valence-electron chi connectivity index (χ2n) is 6.63. The highest BCUT2D eigenvalue weighted by molar-refractivity contribution is 7.11. The van der Waals surface area contributed by atoms with Crippen LogP contribution in [-0.4, -0.2) is 59.0 Å². The minimum absolute atomic E-state index is 0.465. The summed E-state index contributed by atoms with van der Waals surface area (Å²) in [7, 11) is 1.83. The maximum absolute atomic E-state index is 4.77. The van der Waals surface area contributed by atoms with Gasteiger partial charge in [-0.25, -0.2) is 15.0 Å². The molecule has 0 aromatic carbocycles. The number of aliphatic imine (C=N–C) groups is 1. The number of piperazine rings is 1. The van der Waals surface area contributed by atoms with Crippen molar-refractivity contribution in [2.45, 2.75) is 33.2 Å². The quantitative estimate of drug-likeness (QED) is 0.655. The Morgan fingerprint density at radius 3 is 2.50 bits per heavy atom. The number of hydrogen-bond acceptors (Lipinski definition) is 6. The van der Waals surface area contributed by atoms with Gasteiger partial charge in [0.2, 0.25) is 5.95 Å². The Hall–Kier alpha value is -2.22. The molecule has 0 unspecified atom stereocenters. The zero-order valence-electron chi connectivity index (χ0n) is 15.9. The molecular weight excluding hydrogens is 346 g/mol. The highest BCUT2D eigenvalue weighted by Crippen LogP contribution is 2.24. The van der Waals surface area contributed by atoms with Gasteiger partial charge in [-0.1, -0.05) is 13.8 Å². The van der Waals surface area contributed by atoms with E-state index in [1.807, 2.05) is 13.1 Å². The third-order valence-corrected chi connectivity index (χ3v) is 5.43. The normalized spacial score (nSPS) is 15.7. The van der Waals surface area contributed by atoms with Gasteiger partial charge in [0.25, 0.3) is 0 Å². The molecule has 0 saturated carbocycles. The first-order chi connectivity index (χ1) is 12.6. The molecule has 0 bridgehead atoms. The van der Waals surface area contributed by atoms with Crippen LogP contribution in [0.4, 0.5) is 5.95 Å². The van der Waals surface area contributed by atoms with Gasteiger partial charge in [-0.3, -0.25) is 4.99 Å².